The summed E-state index contributed by atoms with van der Waals surface area (Å²) >= 11 is 0. The maximum atomic E-state index is 5.76. The number of benzene rings is 1. The van der Waals surface area contributed by atoms with E-state index in [1.165, 1.54) is 0 Å². The van der Waals surface area contributed by atoms with Gasteiger partial charge in [0.05, 0.1) is 14.2 Å². The molecule has 1 unspecified atom stereocenters. The van der Waals surface area contributed by atoms with E-state index in [0.29, 0.717) is 5.75 Å². The van der Waals surface area contributed by atoms with Crippen LogP contribution in [0.1, 0.15) is 25.0 Å². The van der Waals surface area contributed by atoms with Crippen molar-refractivity contribution in [1.29, 1.82) is 0 Å². The average Bonchev–Trinajstić information content (AvgIpc) is 2.92. The smallest absolute Gasteiger partial charge is 0.225 e. The van der Waals surface area contributed by atoms with Gasteiger partial charge < -0.3 is 18.9 Å². The Hall–Kier alpha value is -1.26. The Morgan fingerprint density at radius 2 is 1.67 bits per heavy atom. The zero-order chi connectivity index (χ0) is 13.6. The van der Waals surface area contributed by atoms with Crippen molar-refractivity contribution in [2.45, 2.75) is 32.2 Å². The fourth-order valence-corrected chi connectivity index (χ4v) is 2.55. The Balaban J connectivity index is 2.54. The predicted molar refractivity (Wildman–Crippen MR) is 68.1 cm³/mol. The first-order valence-electron chi connectivity index (χ1n) is 5.91. The van der Waals surface area contributed by atoms with Gasteiger partial charge >= 0.3 is 0 Å². The van der Waals surface area contributed by atoms with Crippen LogP contribution >= 0.6 is 0 Å². The summed E-state index contributed by atoms with van der Waals surface area (Å²) in [5.74, 6) is 0.748. The molecule has 2 rings (SSSR count). The van der Waals surface area contributed by atoms with E-state index in [1.54, 1.807) is 21.3 Å². The van der Waals surface area contributed by atoms with Crippen LogP contribution in [0.5, 0.6) is 11.5 Å². The molecule has 0 amide bonds. The van der Waals surface area contributed by atoms with Crippen molar-refractivity contribution in [2.24, 2.45) is 0 Å². The molecule has 18 heavy (non-hydrogen) atoms. The molecule has 0 aromatic heterocycles. The third-order valence-electron chi connectivity index (χ3n) is 3.59. The van der Waals surface area contributed by atoms with Crippen molar-refractivity contribution in [3.8, 4) is 11.5 Å². The monoisotopic (exact) mass is 252 g/mol. The molecule has 0 saturated carbocycles. The lowest BCUT2D eigenvalue weighted by molar-refractivity contribution is -0.0154. The molecular weight excluding hydrogens is 232 g/mol. The zero-order valence-corrected chi connectivity index (χ0v) is 11.8. The Morgan fingerprint density at radius 3 is 2.06 bits per heavy atom. The van der Waals surface area contributed by atoms with Crippen LogP contribution in [0.2, 0.25) is 0 Å². The average molecular weight is 252 g/mol. The van der Waals surface area contributed by atoms with Gasteiger partial charge in [-0.1, -0.05) is 0 Å². The highest BCUT2D eigenvalue weighted by Gasteiger charge is 2.67. The molecule has 0 bridgehead atoms. The van der Waals surface area contributed by atoms with Crippen LogP contribution in [-0.4, -0.2) is 26.9 Å². The van der Waals surface area contributed by atoms with Crippen molar-refractivity contribution in [2.75, 3.05) is 21.3 Å². The van der Waals surface area contributed by atoms with Gasteiger partial charge in [-0.15, -0.1) is 0 Å². The van der Waals surface area contributed by atoms with E-state index in [2.05, 4.69) is 0 Å². The van der Waals surface area contributed by atoms with Crippen LogP contribution in [0.4, 0.5) is 0 Å². The van der Waals surface area contributed by atoms with Crippen LogP contribution in [-0.2, 0) is 15.3 Å². The Morgan fingerprint density at radius 1 is 1.06 bits per heavy atom. The maximum Gasteiger partial charge on any atom is 0.225 e. The summed E-state index contributed by atoms with van der Waals surface area (Å²) in [5.41, 5.74) is 1.63. The molecule has 4 heteroatoms. The molecule has 0 aliphatic carbocycles. The molecule has 1 atom stereocenters. The largest absolute Gasteiger partial charge is 0.493 e. The van der Waals surface area contributed by atoms with E-state index in [-0.39, 0.29) is 5.60 Å². The maximum absolute atomic E-state index is 5.76. The summed E-state index contributed by atoms with van der Waals surface area (Å²) < 4.78 is 22.0. The fourth-order valence-electron chi connectivity index (χ4n) is 2.55. The number of rotatable bonds is 4. The van der Waals surface area contributed by atoms with E-state index in [0.717, 1.165) is 16.9 Å². The molecule has 1 fully saturated rings. The number of hydrogen-bond donors (Lipinski definition) is 0. The lowest BCUT2D eigenvalue weighted by Crippen LogP contribution is -2.22. The quantitative estimate of drug-likeness (QED) is 0.772. The van der Waals surface area contributed by atoms with Crippen molar-refractivity contribution in [3.63, 3.8) is 0 Å². The summed E-state index contributed by atoms with van der Waals surface area (Å²) in [6.45, 7) is 5.99. The van der Waals surface area contributed by atoms with Crippen LogP contribution in [0.3, 0.4) is 0 Å². The van der Waals surface area contributed by atoms with Crippen LogP contribution in [0.15, 0.2) is 12.1 Å². The third-order valence-corrected chi connectivity index (χ3v) is 3.59. The molecule has 0 N–H and O–H groups in total. The van der Waals surface area contributed by atoms with E-state index in [9.17, 15) is 0 Å². The number of epoxide rings is 1. The lowest BCUT2D eigenvalue weighted by atomic mass is 9.94. The summed E-state index contributed by atoms with van der Waals surface area (Å²) in [6.07, 6.45) is 0. The molecule has 1 aromatic carbocycles. The predicted octanol–water partition coefficient (Wildman–Crippen LogP) is 2.62. The highest BCUT2D eigenvalue weighted by atomic mass is 16.8. The second-order valence-corrected chi connectivity index (χ2v) is 4.91. The van der Waals surface area contributed by atoms with Crippen molar-refractivity contribution >= 4 is 0 Å². The molecule has 4 nitrogen and oxygen atoms in total. The minimum Gasteiger partial charge on any atom is -0.493 e. The van der Waals surface area contributed by atoms with E-state index >= 15 is 0 Å². The van der Waals surface area contributed by atoms with Crippen molar-refractivity contribution in [3.05, 3.63) is 23.3 Å². The molecule has 1 saturated heterocycles. The van der Waals surface area contributed by atoms with Crippen molar-refractivity contribution < 1.29 is 18.9 Å². The number of hydrogen-bond acceptors (Lipinski definition) is 4. The molecule has 1 aromatic rings. The third kappa shape index (κ3) is 1.60. The van der Waals surface area contributed by atoms with Gasteiger partial charge in [-0.3, -0.25) is 0 Å². The summed E-state index contributed by atoms with van der Waals surface area (Å²) in [7, 11) is 4.92. The minimum atomic E-state index is -0.684. The summed E-state index contributed by atoms with van der Waals surface area (Å²) in [5, 5.41) is 0. The molecule has 1 heterocycles. The zero-order valence-electron chi connectivity index (χ0n) is 11.8. The first-order chi connectivity index (χ1) is 8.43. The van der Waals surface area contributed by atoms with Gasteiger partial charge in [0.25, 0.3) is 0 Å². The molecule has 0 spiro atoms. The second-order valence-electron chi connectivity index (χ2n) is 4.91. The van der Waals surface area contributed by atoms with Gasteiger partial charge in [0.2, 0.25) is 5.79 Å². The minimum absolute atomic E-state index is 0.327. The normalized spacial score (nSPS) is 24.8. The van der Waals surface area contributed by atoms with Crippen LogP contribution < -0.4 is 9.47 Å². The van der Waals surface area contributed by atoms with Gasteiger partial charge in [-0.05, 0) is 32.9 Å². The van der Waals surface area contributed by atoms with E-state index in [1.807, 2.05) is 32.9 Å². The van der Waals surface area contributed by atoms with Gasteiger partial charge in [0.1, 0.15) is 5.60 Å². The molecule has 1 aliphatic rings. The van der Waals surface area contributed by atoms with Gasteiger partial charge in [-0.2, -0.15) is 0 Å². The summed E-state index contributed by atoms with van der Waals surface area (Å²) in [4.78, 5) is 0. The standard InChI is InChI=1S/C14H20O4/c1-9-10(14(17-6)13(2,3)18-14)7-8-11(15-4)12(9)16-5/h7-8H,1-6H3. The Labute approximate surface area is 108 Å². The van der Waals surface area contributed by atoms with Gasteiger partial charge in [0.15, 0.2) is 11.5 Å². The molecular formula is C14H20O4. The fraction of sp³-hybridized carbons (Fsp3) is 0.571. The topological polar surface area (TPSA) is 40.2 Å². The molecule has 100 valence electrons. The van der Waals surface area contributed by atoms with Crippen LogP contribution in [0.25, 0.3) is 0 Å². The highest BCUT2D eigenvalue weighted by Crippen LogP contribution is 2.57. The van der Waals surface area contributed by atoms with Crippen molar-refractivity contribution in [1.82, 2.24) is 0 Å². The second kappa shape index (κ2) is 4.14. The van der Waals surface area contributed by atoms with E-state index in [4.69, 9.17) is 18.9 Å². The van der Waals surface area contributed by atoms with Crippen LogP contribution in [0, 0.1) is 6.92 Å². The Kier molecular flexibility index (Phi) is 3.03. The molecule has 1 aliphatic heterocycles. The lowest BCUT2D eigenvalue weighted by Gasteiger charge is -2.19. The summed E-state index contributed by atoms with van der Waals surface area (Å²) in [6, 6.07) is 3.84. The van der Waals surface area contributed by atoms with Gasteiger partial charge in [-0.25, -0.2) is 0 Å². The highest BCUT2D eigenvalue weighted by molar-refractivity contribution is 5.53. The number of methoxy groups -OCH3 is 3. The number of ether oxygens (including phenoxy) is 4. The first-order valence-corrected chi connectivity index (χ1v) is 5.91. The van der Waals surface area contributed by atoms with Gasteiger partial charge in [0, 0.05) is 18.2 Å². The SMILES string of the molecule is COc1ccc(C2(OC)OC2(C)C)c(C)c1OC. The van der Waals surface area contributed by atoms with E-state index < -0.39 is 5.79 Å². The molecule has 0 radical (unpaired) electrons. The first kappa shape index (κ1) is 13.2. The Bertz CT molecular complexity index is 467.